The van der Waals surface area contributed by atoms with Gasteiger partial charge in [0.2, 0.25) is 6.23 Å². The third-order valence-electron chi connectivity index (χ3n) is 5.03. The number of ether oxygens (including phenoxy) is 1. The molecule has 0 saturated heterocycles. The monoisotopic (exact) mass is 378 g/mol. The first-order valence-corrected chi connectivity index (χ1v) is 9.19. The van der Waals surface area contributed by atoms with Gasteiger partial charge in [0.05, 0.1) is 11.8 Å². The highest BCUT2D eigenvalue weighted by molar-refractivity contribution is 6.30. The Morgan fingerprint density at radius 1 is 0.963 bits per heavy atom. The van der Waals surface area contributed by atoms with Crippen LogP contribution in [-0.4, -0.2) is 10.7 Å². The van der Waals surface area contributed by atoms with Crippen LogP contribution in [0.15, 0.2) is 77.9 Å². The van der Waals surface area contributed by atoms with Gasteiger partial charge in [0, 0.05) is 22.6 Å². The summed E-state index contributed by atoms with van der Waals surface area (Å²) in [5.41, 5.74) is 4.02. The van der Waals surface area contributed by atoms with Gasteiger partial charge in [0.15, 0.2) is 0 Å². The van der Waals surface area contributed by atoms with E-state index >= 15 is 0 Å². The molecule has 134 valence electrons. The van der Waals surface area contributed by atoms with Crippen molar-refractivity contribution >= 4 is 17.3 Å². The second kappa shape index (κ2) is 6.39. The van der Waals surface area contributed by atoms with Gasteiger partial charge in [-0.15, -0.1) is 0 Å². The van der Waals surface area contributed by atoms with E-state index in [2.05, 4.69) is 6.07 Å². The van der Waals surface area contributed by atoms with E-state index in [0.717, 1.165) is 34.6 Å². The summed E-state index contributed by atoms with van der Waals surface area (Å²) >= 11 is 6.02. The van der Waals surface area contributed by atoms with Crippen molar-refractivity contribution in [2.75, 3.05) is 0 Å². The van der Waals surface area contributed by atoms with Gasteiger partial charge >= 0.3 is 0 Å². The van der Waals surface area contributed by atoms with Gasteiger partial charge in [0.1, 0.15) is 11.6 Å². The molecular weight excluding hydrogens is 363 g/mol. The quantitative estimate of drug-likeness (QED) is 0.569. The number of para-hydroxylation sites is 1. The Hall–Kier alpha value is -2.85. The van der Waals surface area contributed by atoms with E-state index < -0.39 is 6.23 Å². The van der Waals surface area contributed by atoms with Gasteiger partial charge in [-0.3, -0.25) is 0 Å². The molecule has 0 unspecified atom stereocenters. The second-order valence-corrected chi connectivity index (χ2v) is 7.15. The standard InChI is InChI=1S/C22H16ClFN2O/c23-16-9-5-14(6-10-16)19-13-20-18-3-1-2-4-21(18)27-22(26(20)25-19)15-7-11-17(24)12-8-15/h1-12,20,22H,13H2/t20-,22-/m1/s1. The van der Waals surface area contributed by atoms with Gasteiger partial charge in [-0.2, -0.15) is 5.10 Å². The van der Waals surface area contributed by atoms with E-state index in [9.17, 15) is 4.39 Å². The van der Waals surface area contributed by atoms with E-state index in [-0.39, 0.29) is 11.9 Å². The summed E-state index contributed by atoms with van der Waals surface area (Å²) in [6.45, 7) is 0. The molecule has 5 heteroatoms. The Bertz CT molecular complexity index is 1020. The number of fused-ring (bicyclic) bond motifs is 3. The zero-order valence-electron chi connectivity index (χ0n) is 14.3. The summed E-state index contributed by atoms with van der Waals surface area (Å²) in [7, 11) is 0. The Labute approximate surface area is 161 Å². The van der Waals surface area contributed by atoms with E-state index in [4.69, 9.17) is 21.4 Å². The average Bonchev–Trinajstić information content (AvgIpc) is 3.14. The minimum absolute atomic E-state index is 0.0793. The van der Waals surface area contributed by atoms with Crippen molar-refractivity contribution in [1.82, 2.24) is 5.01 Å². The number of halogens is 2. The maximum Gasteiger partial charge on any atom is 0.213 e. The zero-order chi connectivity index (χ0) is 18.4. The van der Waals surface area contributed by atoms with E-state index in [1.54, 1.807) is 12.1 Å². The van der Waals surface area contributed by atoms with Crippen LogP contribution in [0, 0.1) is 5.82 Å². The van der Waals surface area contributed by atoms with Crippen molar-refractivity contribution in [1.29, 1.82) is 0 Å². The molecule has 2 atom stereocenters. The Kier molecular flexibility index (Phi) is 3.87. The molecule has 0 N–H and O–H groups in total. The highest BCUT2D eigenvalue weighted by Crippen LogP contribution is 2.47. The fraction of sp³-hybridized carbons (Fsp3) is 0.136. The number of rotatable bonds is 2. The van der Waals surface area contributed by atoms with Crippen LogP contribution in [0.2, 0.25) is 5.02 Å². The van der Waals surface area contributed by atoms with E-state index in [1.165, 1.54) is 12.1 Å². The Morgan fingerprint density at radius 3 is 2.48 bits per heavy atom. The first-order valence-electron chi connectivity index (χ1n) is 8.82. The molecule has 27 heavy (non-hydrogen) atoms. The number of benzene rings is 3. The molecular formula is C22H16ClFN2O. The third-order valence-corrected chi connectivity index (χ3v) is 5.28. The van der Waals surface area contributed by atoms with E-state index in [1.807, 2.05) is 47.5 Å². The lowest BCUT2D eigenvalue weighted by atomic mass is 9.96. The molecule has 2 heterocycles. The number of hydrogen-bond acceptors (Lipinski definition) is 3. The largest absolute Gasteiger partial charge is 0.464 e. The summed E-state index contributed by atoms with van der Waals surface area (Å²) in [5.74, 6) is 0.582. The first-order chi connectivity index (χ1) is 13.2. The smallest absolute Gasteiger partial charge is 0.213 e. The molecule has 0 aliphatic carbocycles. The van der Waals surface area contributed by atoms with Gasteiger partial charge in [-0.05, 0) is 35.9 Å². The molecule has 0 spiro atoms. The fourth-order valence-corrected chi connectivity index (χ4v) is 3.82. The molecule has 0 saturated carbocycles. The van der Waals surface area contributed by atoms with Gasteiger partial charge in [-0.25, -0.2) is 9.40 Å². The topological polar surface area (TPSA) is 24.8 Å². The van der Waals surface area contributed by atoms with Crippen LogP contribution in [-0.2, 0) is 0 Å². The molecule has 0 radical (unpaired) electrons. The molecule has 2 aliphatic rings. The minimum Gasteiger partial charge on any atom is -0.464 e. The van der Waals surface area contributed by atoms with Crippen LogP contribution < -0.4 is 4.74 Å². The summed E-state index contributed by atoms with van der Waals surface area (Å²) in [5, 5.41) is 7.56. The third kappa shape index (κ3) is 2.86. The lowest BCUT2D eigenvalue weighted by molar-refractivity contribution is -0.0190. The summed E-state index contributed by atoms with van der Waals surface area (Å²) in [6.07, 6.45) is 0.384. The molecule has 3 aromatic rings. The maximum absolute atomic E-state index is 13.4. The SMILES string of the molecule is Fc1ccc([C@H]2Oc3ccccc3[C@H]3CC(c4ccc(Cl)cc4)=NN32)cc1. The summed E-state index contributed by atoms with van der Waals surface area (Å²) in [6, 6.07) is 22.2. The number of hydrogen-bond donors (Lipinski definition) is 0. The van der Waals surface area contributed by atoms with Crippen LogP contribution in [0.25, 0.3) is 0 Å². The molecule has 5 rings (SSSR count). The predicted molar refractivity (Wildman–Crippen MR) is 103 cm³/mol. The predicted octanol–water partition coefficient (Wildman–Crippen LogP) is 5.72. The normalized spacial score (nSPS) is 20.5. The van der Waals surface area contributed by atoms with Crippen molar-refractivity contribution < 1.29 is 9.13 Å². The molecule has 0 aromatic heterocycles. The van der Waals surface area contributed by atoms with Crippen molar-refractivity contribution in [2.45, 2.75) is 18.7 Å². The lowest BCUT2D eigenvalue weighted by Crippen LogP contribution is -2.33. The van der Waals surface area contributed by atoms with Crippen molar-refractivity contribution in [3.63, 3.8) is 0 Å². The van der Waals surface area contributed by atoms with E-state index in [0.29, 0.717) is 5.02 Å². The van der Waals surface area contributed by atoms with Crippen molar-refractivity contribution in [2.24, 2.45) is 5.10 Å². The van der Waals surface area contributed by atoms with Gasteiger partial charge < -0.3 is 4.74 Å². The van der Waals surface area contributed by atoms with Crippen LogP contribution in [0.3, 0.4) is 0 Å². The fourth-order valence-electron chi connectivity index (χ4n) is 3.70. The van der Waals surface area contributed by atoms with Crippen LogP contribution in [0.4, 0.5) is 4.39 Å². The highest BCUT2D eigenvalue weighted by Gasteiger charge is 2.40. The second-order valence-electron chi connectivity index (χ2n) is 6.71. The van der Waals surface area contributed by atoms with Crippen molar-refractivity contribution in [3.05, 3.63) is 100 Å². The molecule has 3 aromatic carbocycles. The first kappa shape index (κ1) is 16.3. The van der Waals surface area contributed by atoms with Gasteiger partial charge in [-0.1, -0.05) is 54.1 Å². The molecule has 0 fully saturated rings. The molecule has 2 aliphatic heterocycles. The summed E-state index contributed by atoms with van der Waals surface area (Å²) in [4.78, 5) is 0. The Balaban J connectivity index is 1.58. The Morgan fingerprint density at radius 2 is 1.70 bits per heavy atom. The van der Waals surface area contributed by atoms with Crippen LogP contribution in [0.1, 0.15) is 35.4 Å². The zero-order valence-corrected chi connectivity index (χ0v) is 15.1. The molecule has 3 nitrogen and oxygen atoms in total. The van der Waals surface area contributed by atoms with Crippen molar-refractivity contribution in [3.8, 4) is 5.75 Å². The van der Waals surface area contributed by atoms with Crippen LogP contribution >= 0.6 is 11.6 Å². The molecule has 0 amide bonds. The number of hydrazone groups is 1. The maximum atomic E-state index is 13.4. The minimum atomic E-state index is -0.393. The molecule has 0 bridgehead atoms. The van der Waals surface area contributed by atoms with Gasteiger partial charge in [0.25, 0.3) is 0 Å². The highest BCUT2D eigenvalue weighted by atomic mass is 35.5. The number of nitrogens with zero attached hydrogens (tertiary/aromatic N) is 2. The summed E-state index contributed by atoms with van der Waals surface area (Å²) < 4.78 is 19.6. The average molecular weight is 379 g/mol. The van der Waals surface area contributed by atoms with Crippen LogP contribution in [0.5, 0.6) is 5.75 Å². The lowest BCUT2D eigenvalue weighted by Gasteiger charge is -2.38.